The van der Waals surface area contributed by atoms with Crippen LogP contribution in [-0.4, -0.2) is 27.1 Å². The van der Waals surface area contributed by atoms with Crippen molar-refractivity contribution in [2.45, 2.75) is 31.9 Å². The fraction of sp³-hybridized carbons (Fsp3) is 0.357. The normalized spacial score (nSPS) is 12.8. The predicted molar refractivity (Wildman–Crippen MR) is 75.0 cm³/mol. The molecule has 0 saturated carbocycles. The molecule has 1 N–H and O–H groups in total. The van der Waals surface area contributed by atoms with E-state index >= 15 is 0 Å². The highest BCUT2D eigenvalue weighted by Crippen LogP contribution is 2.23. The van der Waals surface area contributed by atoms with Gasteiger partial charge in [-0.1, -0.05) is 0 Å². The molecule has 1 heterocycles. The van der Waals surface area contributed by atoms with Gasteiger partial charge in [-0.25, -0.2) is 0 Å². The summed E-state index contributed by atoms with van der Waals surface area (Å²) in [5.41, 5.74) is 0.947. The second-order valence-corrected chi connectivity index (χ2v) is 5.19. The number of carboxylic acid groups (broad SMARTS) is 1. The Labute approximate surface area is 116 Å². The first-order chi connectivity index (χ1) is 8.97. The van der Waals surface area contributed by atoms with Crippen molar-refractivity contribution in [3.05, 3.63) is 30.5 Å². The number of hydrogen-bond donors (Lipinski definition) is 1. The quantitative estimate of drug-likeness (QED) is 0.857. The van der Waals surface area contributed by atoms with Crippen LogP contribution >= 0.6 is 11.6 Å². The zero-order valence-corrected chi connectivity index (χ0v) is 11.6. The lowest BCUT2D eigenvalue weighted by Gasteiger charge is -2.11. The van der Waals surface area contributed by atoms with Gasteiger partial charge in [0.25, 0.3) is 0 Å². The van der Waals surface area contributed by atoms with Crippen molar-refractivity contribution in [3.63, 3.8) is 0 Å². The molecule has 19 heavy (non-hydrogen) atoms. The van der Waals surface area contributed by atoms with E-state index < -0.39 is 11.3 Å². The number of aromatic nitrogens is 1. The number of alkyl halides is 1. The van der Waals surface area contributed by atoms with Gasteiger partial charge in [-0.05, 0) is 38.1 Å². The summed E-state index contributed by atoms with van der Waals surface area (Å²) in [4.78, 5) is 10.8. The summed E-state index contributed by atoms with van der Waals surface area (Å²) >= 11 is 5.76. The minimum atomic E-state index is -1.01. The van der Waals surface area contributed by atoms with E-state index in [2.05, 4.69) is 0 Å². The summed E-state index contributed by atoms with van der Waals surface area (Å²) in [5.74, 6) is -0.204. The van der Waals surface area contributed by atoms with Crippen LogP contribution in [0.4, 0.5) is 0 Å². The van der Waals surface area contributed by atoms with Crippen molar-refractivity contribution in [2.24, 2.45) is 0 Å². The average molecular weight is 282 g/mol. The molecule has 0 aliphatic carbocycles. The molecule has 0 aliphatic heterocycles. The Balaban J connectivity index is 2.26. The number of ether oxygens (including phenoxy) is 1. The molecule has 0 amide bonds. The summed E-state index contributed by atoms with van der Waals surface area (Å²) in [6, 6.07) is 7.66. The minimum absolute atomic E-state index is 0.124. The Bertz CT molecular complexity index is 591. The number of carboxylic acids is 1. The molecule has 5 heteroatoms. The number of aliphatic carboxylic acids is 1. The maximum atomic E-state index is 10.8. The molecule has 102 valence electrons. The van der Waals surface area contributed by atoms with Crippen molar-refractivity contribution < 1.29 is 14.6 Å². The third-order valence-electron chi connectivity index (χ3n) is 2.74. The smallest absolute Gasteiger partial charge is 0.323 e. The lowest BCUT2D eigenvalue weighted by Crippen LogP contribution is -2.19. The molecule has 1 atom stereocenters. The highest BCUT2D eigenvalue weighted by molar-refractivity contribution is 6.29. The Morgan fingerprint density at radius 1 is 1.42 bits per heavy atom. The molecule has 0 aliphatic rings. The highest BCUT2D eigenvalue weighted by atomic mass is 35.5. The van der Waals surface area contributed by atoms with Crippen molar-refractivity contribution >= 4 is 28.5 Å². The average Bonchev–Trinajstić information content (AvgIpc) is 2.71. The first kappa shape index (κ1) is 13.7. The van der Waals surface area contributed by atoms with Gasteiger partial charge in [-0.2, -0.15) is 0 Å². The van der Waals surface area contributed by atoms with Gasteiger partial charge in [-0.15, -0.1) is 11.6 Å². The molecular formula is C14H16ClNO3. The third kappa shape index (κ3) is 3.20. The van der Waals surface area contributed by atoms with E-state index in [-0.39, 0.29) is 12.6 Å². The first-order valence-corrected chi connectivity index (χ1v) is 6.53. The third-order valence-corrected chi connectivity index (χ3v) is 3.06. The SMILES string of the molecule is CC(C)Oc1ccc2c(ccn2CC(Cl)C(=O)O)c1. The Morgan fingerprint density at radius 3 is 2.79 bits per heavy atom. The van der Waals surface area contributed by atoms with Crippen LogP contribution in [-0.2, 0) is 11.3 Å². The highest BCUT2D eigenvalue weighted by Gasteiger charge is 2.15. The van der Waals surface area contributed by atoms with Crippen molar-refractivity contribution in [3.8, 4) is 5.75 Å². The van der Waals surface area contributed by atoms with Gasteiger partial charge in [0.05, 0.1) is 6.10 Å². The lowest BCUT2D eigenvalue weighted by molar-refractivity contribution is -0.136. The van der Waals surface area contributed by atoms with Gasteiger partial charge < -0.3 is 14.4 Å². The van der Waals surface area contributed by atoms with E-state index in [1.807, 2.05) is 48.9 Å². The zero-order valence-electron chi connectivity index (χ0n) is 10.8. The molecule has 1 aromatic heterocycles. The van der Waals surface area contributed by atoms with E-state index in [0.29, 0.717) is 0 Å². The van der Waals surface area contributed by atoms with Crippen LogP contribution in [0.3, 0.4) is 0 Å². The summed E-state index contributed by atoms with van der Waals surface area (Å²) in [6.45, 7) is 4.19. The molecule has 0 spiro atoms. The first-order valence-electron chi connectivity index (χ1n) is 6.10. The van der Waals surface area contributed by atoms with Crippen LogP contribution in [0.25, 0.3) is 10.9 Å². The summed E-state index contributed by atoms with van der Waals surface area (Å²) in [6.07, 6.45) is 1.96. The van der Waals surface area contributed by atoms with E-state index in [1.165, 1.54) is 0 Å². The van der Waals surface area contributed by atoms with Gasteiger partial charge >= 0.3 is 5.97 Å². The molecule has 0 saturated heterocycles. The van der Waals surface area contributed by atoms with Crippen LogP contribution in [0.2, 0.25) is 0 Å². The molecule has 2 rings (SSSR count). The number of benzene rings is 1. The van der Waals surface area contributed by atoms with Crippen LogP contribution in [0, 0.1) is 0 Å². The molecule has 1 aromatic carbocycles. The van der Waals surface area contributed by atoms with E-state index in [9.17, 15) is 4.79 Å². The molecule has 2 aromatic rings. The molecule has 1 unspecified atom stereocenters. The van der Waals surface area contributed by atoms with Crippen molar-refractivity contribution in [1.29, 1.82) is 0 Å². The van der Waals surface area contributed by atoms with Crippen LogP contribution in [0.1, 0.15) is 13.8 Å². The van der Waals surface area contributed by atoms with Crippen molar-refractivity contribution in [1.82, 2.24) is 4.57 Å². The fourth-order valence-electron chi connectivity index (χ4n) is 1.93. The number of hydrogen-bond acceptors (Lipinski definition) is 2. The molecule has 4 nitrogen and oxygen atoms in total. The van der Waals surface area contributed by atoms with Gasteiger partial charge in [0.2, 0.25) is 0 Å². The largest absolute Gasteiger partial charge is 0.491 e. The Morgan fingerprint density at radius 2 is 2.16 bits per heavy atom. The molecule has 0 bridgehead atoms. The molecule has 0 fully saturated rings. The van der Waals surface area contributed by atoms with Gasteiger partial charge in [0, 0.05) is 23.6 Å². The van der Waals surface area contributed by atoms with Crippen LogP contribution in [0.15, 0.2) is 30.5 Å². The summed E-state index contributed by atoms with van der Waals surface area (Å²) in [7, 11) is 0. The number of halogens is 1. The second-order valence-electron chi connectivity index (χ2n) is 4.66. The maximum absolute atomic E-state index is 10.8. The summed E-state index contributed by atoms with van der Waals surface area (Å²) in [5, 5.41) is 8.91. The predicted octanol–water partition coefficient (Wildman–Crippen LogP) is 3.12. The molecular weight excluding hydrogens is 266 g/mol. The standard InChI is InChI=1S/C14H16ClNO3/c1-9(2)19-11-3-4-13-10(7-11)5-6-16(13)8-12(15)14(17)18/h3-7,9,12H,8H2,1-2H3,(H,17,18). The van der Waals surface area contributed by atoms with E-state index in [1.54, 1.807) is 0 Å². The number of carbonyl (C=O) groups is 1. The van der Waals surface area contributed by atoms with Crippen LogP contribution in [0.5, 0.6) is 5.75 Å². The fourth-order valence-corrected chi connectivity index (χ4v) is 2.08. The minimum Gasteiger partial charge on any atom is -0.491 e. The van der Waals surface area contributed by atoms with Crippen LogP contribution < -0.4 is 4.74 Å². The topological polar surface area (TPSA) is 51.5 Å². The number of rotatable bonds is 5. The Hall–Kier alpha value is -1.68. The van der Waals surface area contributed by atoms with Gasteiger partial charge in [-0.3, -0.25) is 4.79 Å². The van der Waals surface area contributed by atoms with Gasteiger partial charge in [0.15, 0.2) is 0 Å². The number of fused-ring (bicyclic) bond motifs is 1. The van der Waals surface area contributed by atoms with E-state index in [4.69, 9.17) is 21.4 Å². The maximum Gasteiger partial charge on any atom is 0.323 e. The monoisotopic (exact) mass is 281 g/mol. The summed E-state index contributed by atoms with van der Waals surface area (Å²) < 4.78 is 7.46. The zero-order chi connectivity index (χ0) is 14.0. The van der Waals surface area contributed by atoms with E-state index in [0.717, 1.165) is 16.7 Å². The lowest BCUT2D eigenvalue weighted by atomic mass is 10.2. The number of nitrogens with zero attached hydrogens (tertiary/aromatic N) is 1. The Kier molecular flexibility index (Phi) is 4.00. The second kappa shape index (κ2) is 5.53. The van der Waals surface area contributed by atoms with Gasteiger partial charge in [0.1, 0.15) is 11.1 Å². The van der Waals surface area contributed by atoms with Crippen molar-refractivity contribution in [2.75, 3.05) is 0 Å². The molecule has 0 radical (unpaired) electrons.